The number of carbonyl (C=O) groups excluding carboxylic acids is 1. The van der Waals surface area contributed by atoms with Crippen LogP contribution in [0.2, 0.25) is 0 Å². The average Bonchev–Trinajstić information content (AvgIpc) is 2.74. The van der Waals surface area contributed by atoms with E-state index in [1.54, 1.807) is 29.3 Å². The van der Waals surface area contributed by atoms with Crippen LogP contribution in [0.3, 0.4) is 0 Å². The van der Waals surface area contributed by atoms with E-state index in [1.807, 2.05) is 17.0 Å². The second-order valence-corrected chi connectivity index (χ2v) is 7.60. The van der Waals surface area contributed by atoms with Crippen LogP contribution >= 0.6 is 0 Å². The van der Waals surface area contributed by atoms with Crippen molar-refractivity contribution in [2.45, 2.75) is 24.8 Å². The topological polar surface area (TPSA) is 86.1 Å². The Balaban J connectivity index is 1.55. The number of carbonyl (C=O) groups is 2. The first-order chi connectivity index (χ1) is 14.5. The Kier molecular flexibility index (Phi) is 5.48. The molecule has 156 valence electrons. The summed E-state index contributed by atoms with van der Waals surface area (Å²) in [5.41, 5.74) is -0.435. The van der Waals surface area contributed by atoms with E-state index in [9.17, 15) is 19.1 Å². The van der Waals surface area contributed by atoms with Crippen LogP contribution in [0, 0.1) is 5.82 Å². The van der Waals surface area contributed by atoms with Gasteiger partial charge in [-0.25, -0.2) is 14.2 Å². The summed E-state index contributed by atoms with van der Waals surface area (Å²) in [6.07, 6.45) is 3.49. The lowest BCUT2D eigenvalue weighted by Crippen LogP contribution is -2.53. The van der Waals surface area contributed by atoms with Gasteiger partial charge in [-0.3, -0.25) is 9.78 Å². The largest absolute Gasteiger partial charge is 0.479 e. The molecule has 2 heterocycles. The van der Waals surface area contributed by atoms with Crippen LogP contribution in [0.15, 0.2) is 53.7 Å². The van der Waals surface area contributed by atoms with Crippen LogP contribution in [-0.2, 0) is 4.79 Å². The van der Waals surface area contributed by atoms with E-state index < -0.39 is 17.3 Å². The molecule has 0 radical (unpaired) electrons. The van der Waals surface area contributed by atoms with Gasteiger partial charge >= 0.3 is 5.97 Å². The lowest BCUT2D eigenvalue weighted by molar-refractivity contribution is -0.146. The number of amidine groups is 1. The highest BCUT2D eigenvalue weighted by atomic mass is 19.1. The summed E-state index contributed by atoms with van der Waals surface area (Å²) in [6, 6.07) is 11.4. The number of amides is 1. The van der Waals surface area contributed by atoms with Gasteiger partial charge in [0.15, 0.2) is 11.4 Å². The Morgan fingerprint density at radius 1 is 1.00 bits per heavy atom. The van der Waals surface area contributed by atoms with E-state index in [-0.39, 0.29) is 11.5 Å². The molecule has 2 aromatic rings. The van der Waals surface area contributed by atoms with Crippen molar-refractivity contribution in [1.82, 2.24) is 14.8 Å². The number of piperazine rings is 1. The molecule has 1 amide bonds. The summed E-state index contributed by atoms with van der Waals surface area (Å²) in [5, 5.41) is 9.71. The number of carboxylic acid groups (broad SMARTS) is 1. The SMILES string of the molecule is O=C(c1ccccc1F)N1CCN(C(=NC2(C(=O)O)CCC2)c2ccccn2)CC1. The zero-order valence-corrected chi connectivity index (χ0v) is 16.5. The first-order valence-corrected chi connectivity index (χ1v) is 10.0. The number of carboxylic acids is 1. The Bertz CT molecular complexity index is 967. The standard InChI is InChI=1S/C22H23FN4O3/c23-17-7-2-1-6-16(17)20(28)27-14-12-26(13-15-27)19(18-8-3-4-11-24-18)25-22(21(29)30)9-5-10-22/h1-4,6-8,11H,5,9-10,12-15H2,(H,29,30). The van der Waals surface area contributed by atoms with E-state index in [0.29, 0.717) is 50.6 Å². The minimum Gasteiger partial charge on any atom is -0.479 e. The molecule has 1 aromatic heterocycles. The number of hydrogen-bond acceptors (Lipinski definition) is 4. The summed E-state index contributed by atoms with van der Waals surface area (Å²) < 4.78 is 14.0. The van der Waals surface area contributed by atoms with Gasteiger partial charge in [0.05, 0.1) is 5.56 Å². The van der Waals surface area contributed by atoms with Gasteiger partial charge in [0.25, 0.3) is 5.91 Å². The van der Waals surface area contributed by atoms with Gasteiger partial charge in [0.1, 0.15) is 11.5 Å². The highest BCUT2D eigenvalue weighted by Gasteiger charge is 2.45. The zero-order valence-electron chi connectivity index (χ0n) is 16.5. The predicted octanol–water partition coefficient (Wildman–Crippen LogP) is 2.43. The van der Waals surface area contributed by atoms with E-state index >= 15 is 0 Å². The Labute approximate surface area is 173 Å². The van der Waals surface area contributed by atoms with Crippen molar-refractivity contribution < 1.29 is 19.1 Å². The number of hydrogen-bond donors (Lipinski definition) is 1. The van der Waals surface area contributed by atoms with E-state index in [4.69, 9.17) is 0 Å². The van der Waals surface area contributed by atoms with Crippen LogP contribution in [0.4, 0.5) is 4.39 Å². The number of rotatable bonds is 4. The first kappa shape index (κ1) is 20.0. The van der Waals surface area contributed by atoms with Gasteiger partial charge in [-0.1, -0.05) is 18.2 Å². The smallest absolute Gasteiger partial charge is 0.331 e. The van der Waals surface area contributed by atoms with Crippen molar-refractivity contribution in [2.75, 3.05) is 26.2 Å². The lowest BCUT2D eigenvalue weighted by atomic mass is 9.77. The van der Waals surface area contributed by atoms with Crippen molar-refractivity contribution in [1.29, 1.82) is 0 Å². The maximum absolute atomic E-state index is 14.0. The number of nitrogens with zero attached hydrogens (tertiary/aromatic N) is 4. The molecule has 1 aliphatic carbocycles. The van der Waals surface area contributed by atoms with Crippen molar-refractivity contribution in [3.05, 3.63) is 65.7 Å². The van der Waals surface area contributed by atoms with Crippen molar-refractivity contribution in [3.63, 3.8) is 0 Å². The molecular weight excluding hydrogens is 387 g/mol. The molecular formula is C22H23FN4O3. The highest BCUT2D eigenvalue weighted by Crippen LogP contribution is 2.37. The van der Waals surface area contributed by atoms with Gasteiger partial charge in [0, 0.05) is 32.4 Å². The fourth-order valence-electron chi connectivity index (χ4n) is 3.80. The van der Waals surface area contributed by atoms with Crippen LogP contribution in [0.25, 0.3) is 0 Å². The van der Waals surface area contributed by atoms with Crippen molar-refractivity contribution in [2.24, 2.45) is 4.99 Å². The third-order valence-electron chi connectivity index (χ3n) is 5.76. The molecule has 4 rings (SSSR count). The number of halogens is 1. The number of aromatic nitrogens is 1. The molecule has 0 bridgehead atoms. The molecule has 1 saturated heterocycles. The number of pyridine rings is 1. The molecule has 7 nitrogen and oxygen atoms in total. The quantitative estimate of drug-likeness (QED) is 0.618. The summed E-state index contributed by atoms with van der Waals surface area (Å²) >= 11 is 0. The van der Waals surface area contributed by atoms with E-state index in [1.165, 1.54) is 12.1 Å². The third-order valence-corrected chi connectivity index (χ3v) is 5.76. The van der Waals surface area contributed by atoms with Gasteiger partial charge in [-0.05, 0) is 43.5 Å². The van der Waals surface area contributed by atoms with Crippen molar-refractivity contribution >= 4 is 17.7 Å². The van der Waals surface area contributed by atoms with Gasteiger partial charge in [-0.2, -0.15) is 0 Å². The molecule has 2 aliphatic rings. The number of aliphatic carboxylic acids is 1. The Hall–Kier alpha value is -3.29. The first-order valence-electron chi connectivity index (χ1n) is 10.0. The van der Waals surface area contributed by atoms with Crippen LogP contribution < -0.4 is 0 Å². The third kappa shape index (κ3) is 3.77. The van der Waals surface area contributed by atoms with Gasteiger partial charge in [-0.15, -0.1) is 0 Å². The lowest BCUT2D eigenvalue weighted by Gasteiger charge is -2.39. The maximum atomic E-state index is 14.0. The number of aliphatic imine (C=N–C) groups is 1. The second-order valence-electron chi connectivity index (χ2n) is 7.60. The van der Waals surface area contributed by atoms with E-state index in [0.717, 1.165) is 6.42 Å². The van der Waals surface area contributed by atoms with Crippen LogP contribution in [-0.4, -0.2) is 69.3 Å². The average molecular weight is 410 g/mol. The predicted molar refractivity (Wildman–Crippen MR) is 109 cm³/mol. The maximum Gasteiger partial charge on any atom is 0.331 e. The monoisotopic (exact) mass is 410 g/mol. The molecule has 1 aromatic carbocycles. The summed E-state index contributed by atoms with van der Waals surface area (Å²) in [7, 11) is 0. The molecule has 0 spiro atoms. The highest BCUT2D eigenvalue weighted by molar-refractivity contribution is 6.00. The summed E-state index contributed by atoms with van der Waals surface area (Å²) in [4.78, 5) is 37.2. The van der Waals surface area contributed by atoms with Crippen LogP contribution in [0.5, 0.6) is 0 Å². The molecule has 0 atom stereocenters. The molecule has 2 fully saturated rings. The fraction of sp³-hybridized carbons (Fsp3) is 0.364. The molecule has 30 heavy (non-hydrogen) atoms. The van der Waals surface area contributed by atoms with Crippen LogP contribution in [0.1, 0.15) is 35.3 Å². The fourth-order valence-corrected chi connectivity index (χ4v) is 3.80. The van der Waals surface area contributed by atoms with E-state index in [2.05, 4.69) is 9.98 Å². The molecule has 0 unspecified atom stereocenters. The summed E-state index contributed by atoms with van der Waals surface area (Å²) in [5.74, 6) is -1.26. The molecule has 1 saturated carbocycles. The number of benzene rings is 1. The summed E-state index contributed by atoms with van der Waals surface area (Å²) in [6.45, 7) is 1.70. The van der Waals surface area contributed by atoms with Crippen molar-refractivity contribution in [3.8, 4) is 0 Å². The molecule has 1 aliphatic heterocycles. The molecule has 8 heteroatoms. The minimum absolute atomic E-state index is 0.0591. The Morgan fingerprint density at radius 2 is 1.67 bits per heavy atom. The van der Waals surface area contributed by atoms with Gasteiger partial charge in [0.2, 0.25) is 0 Å². The van der Waals surface area contributed by atoms with Gasteiger partial charge < -0.3 is 14.9 Å². The second kappa shape index (κ2) is 8.22. The zero-order chi connectivity index (χ0) is 21.1. The molecule has 1 N–H and O–H groups in total. The normalized spacial score (nSPS) is 18.6. The minimum atomic E-state index is -1.10. The Morgan fingerprint density at radius 3 is 2.23 bits per heavy atom.